The van der Waals surface area contributed by atoms with Crippen LogP contribution in [0.25, 0.3) is 0 Å². The summed E-state index contributed by atoms with van der Waals surface area (Å²) >= 11 is 0. The topological polar surface area (TPSA) is 68.8 Å². The summed E-state index contributed by atoms with van der Waals surface area (Å²) < 4.78 is 13.2. The lowest BCUT2D eigenvalue weighted by molar-refractivity contribution is -0.120. The first-order valence-electron chi connectivity index (χ1n) is 10.8. The summed E-state index contributed by atoms with van der Waals surface area (Å²) in [5.74, 6) is 0.278. The molecule has 174 valence electrons. The quantitative estimate of drug-likeness (QED) is 0.204. The molecule has 1 saturated heterocycles. The van der Waals surface area contributed by atoms with Gasteiger partial charge in [0.05, 0.1) is 6.42 Å². The number of nitrogens with zero attached hydrogens (tertiary/aromatic N) is 2. The molecule has 1 heterocycles. The number of hydrogen-bond acceptors (Lipinski definition) is 3. The number of carbonyl (C=O) groups excluding carboxylic acids is 1. The van der Waals surface area contributed by atoms with Crippen LogP contribution in [-0.4, -0.2) is 55.5 Å². The molecular weight excluding hydrogens is 520 g/mol. The van der Waals surface area contributed by atoms with Gasteiger partial charge in [-0.05, 0) is 36.6 Å². The zero-order valence-corrected chi connectivity index (χ0v) is 21.0. The molecule has 1 fully saturated rings. The summed E-state index contributed by atoms with van der Waals surface area (Å²) in [7, 11) is 1.75. The van der Waals surface area contributed by atoms with Crippen LogP contribution < -0.4 is 16.0 Å². The number of rotatable bonds is 8. The van der Waals surface area contributed by atoms with Gasteiger partial charge in [0.1, 0.15) is 5.82 Å². The van der Waals surface area contributed by atoms with Crippen molar-refractivity contribution in [2.75, 3.05) is 26.7 Å². The minimum Gasteiger partial charge on any atom is -0.355 e. The molecule has 2 aromatic rings. The van der Waals surface area contributed by atoms with Gasteiger partial charge in [-0.1, -0.05) is 42.5 Å². The minimum atomic E-state index is -0.328. The van der Waals surface area contributed by atoms with E-state index in [9.17, 15) is 9.18 Å². The molecule has 32 heavy (non-hydrogen) atoms. The molecule has 0 aromatic heterocycles. The van der Waals surface area contributed by atoms with Crippen molar-refractivity contribution in [1.29, 1.82) is 0 Å². The average Bonchev–Trinajstić information content (AvgIpc) is 3.09. The van der Waals surface area contributed by atoms with Crippen LogP contribution in [0.1, 0.15) is 24.5 Å². The van der Waals surface area contributed by atoms with Crippen LogP contribution in [0.5, 0.6) is 0 Å². The smallest absolute Gasteiger partial charge is 0.224 e. The van der Waals surface area contributed by atoms with Crippen molar-refractivity contribution in [2.24, 2.45) is 4.99 Å². The Hall–Kier alpha value is -2.20. The van der Waals surface area contributed by atoms with Gasteiger partial charge in [-0.2, -0.15) is 0 Å². The van der Waals surface area contributed by atoms with Gasteiger partial charge in [-0.3, -0.25) is 14.7 Å². The molecule has 0 aliphatic carbocycles. The molecule has 3 rings (SSSR count). The highest BCUT2D eigenvalue weighted by atomic mass is 127. The first-order chi connectivity index (χ1) is 15.0. The molecule has 2 atom stereocenters. The van der Waals surface area contributed by atoms with Crippen LogP contribution in [0.15, 0.2) is 59.6 Å². The number of halogens is 2. The molecule has 6 nitrogen and oxygen atoms in total. The van der Waals surface area contributed by atoms with E-state index in [0.29, 0.717) is 30.7 Å². The summed E-state index contributed by atoms with van der Waals surface area (Å²) in [4.78, 5) is 18.8. The molecule has 3 N–H and O–H groups in total. The summed E-state index contributed by atoms with van der Waals surface area (Å²) in [5.41, 5.74) is 1.99. The summed E-state index contributed by atoms with van der Waals surface area (Å²) in [5, 5.41) is 9.59. The molecule has 0 radical (unpaired) electrons. The van der Waals surface area contributed by atoms with E-state index in [-0.39, 0.29) is 42.1 Å². The highest BCUT2D eigenvalue weighted by Gasteiger charge is 2.29. The maximum Gasteiger partial charge on any atom is 0.224 e. The third-order valence-corrected chi connectivity index (χ3v) is 5.49. The highest BCUT2D eigenvalue weighted by Crippen LogP contribution is 2.20. The first-order valence-corrected chi connectivity index (χ1v) is 10.8. The van der Waals surface area contributed by atoms with Gasteiger partial charge in [-0.25, -0.2) is 4.39 Å². The van der Waals surface area contributed by atoms with Crippen LogP contribution in [0.3, 0.4) is 0 Å². The van der Waals surface area contributed by atoms with Gasteiger partial charge in [-0.15, -0.1) is 24.0 Å². The fourth-order valence-electron chi connectivity index (χ4n) is 3.91. The molecule has 8 heteroatoms. The predicted molar refractivity (Wildman–Crippen MR) is 138 cm³/mol. The van der Waals surface area contributed by atoms with Crippen molar-refractivity contribution in [3.05, 3.63) is 71.5 Å². The second-order valence-electron chi connectivity index (χ2n) is 8.00. The third-order valence-electron chi connectivity index (χ3n) is 5.49. The SMILES string of the molecule is CN=C(NCCNC(=O)Cc1cccc(F)c1)NC1CC(C)N(Cc2ccccc2)C1.I. The van der Waals surface area contributed by atoms with Crippen molar-refractivity contribution >= 4 is 35.8 Å². The van der Waals surface area contributed by atoms with Crippen molar-refractivity contribution in [2.45, 2.75) is 38.4 Å². The van der Waals surface area contributed by atoms with Gasteiger partial charge in [0, 0.05) is 45.3 Å². The van der Waals surface area contributed by atoms with E-state index in [1.165, 1.54) is 17.7 Å². The lowest BCUT2D eigenvalue weighted by atomic mass is 10.1. The normalized spacial score (nSPS) is 18.7. The number of benzene rings is 2. The summed E-state index contributed by atoms with van der Waals surface area (Å²) in [6, 6.07) is 17.5. The standard InChI is InChI=1S/C24H32FN5O.HI/c1-18-13-22(17-30(18)16-19-7-4-3-5-8-19)29-24(26-2)28-12-11-27-23(31)15-20-9-6-10-21(25)14-20;/h3-10,14,18,22H,11-13,15-17H2,1-2H3,(H,27,31)(H2,26,28,29);1H. The number of guanidine groups is 1. The molecule has 1 aliphatic rings. The van der Waals surface area contributed by atoms with E-state index in [0.717, 1.165) is 25.5 Å². The number of hydrogen-bond donors (Lipinski definition) is 3. The van der Waals surface area contributed by atoms with Crippen LogP contribution in [0, 0.1) is 5.82 Å². The maximum atomic E-state index is 13.2. The third kappa shape index (κ3) is 8.38. The Labute approximate surface area is 207 Å². The van der Waals surface area contributed by atoms with Gasteiger partial charge >= 0.3 is 0 Å². The molecular formula is C24H33FIN5O. The molecule has 2 unspecified atom stereocenters. The van der Waals surface area contributed by atoms with Gasteiger partial charge in [0.2, 0.25) is 5.91 Å². The Morgan fingerprint density at radius 2 is 1.81 bits per heavy atom. The van der Waals surface area contributed by atoms with Crippen LogP contribution in [-0.2, 0) is 17.8 Å². The average molecular weight is 553 g/mol. The number of amides is 1. The zero-order valence-electron chi connectivity index (χ0n) is 18.7. The molecule has 0 saturated carbocycles. The molecule has 0 spiro atoms. The Bertz CT molecular complexity index is 880. The van der Waals surface area contributed by atoms with E-state index < -0.39 is 0 Å². The zero-order chi connectivity index (χ0) is 22.1. The van der Waals surface area contributed by atoms with E-state index in [1.807, 2.05) is 6.07 Å². The number of carbonyl (C=O) groups is 1. The lowest BCUT2D eigenvalue weighted by Crippen LogP contribution is -2.46. The maximum absolute atomic E-state index is 13.2. The van der Waals surface area contributed by atoms with Crippen molar-refractivity contribution < 1.29 is 9.18 Å². The van der Waals surface area contributed by atoms with Crippen LogP contribution in [0.2, 0.25) is 0 Å². The second kappa shape index (κ2) is 13.4. The fourth-order valence-corrected chi connectivity index (χ4v) is 3.91. The number of nitrogens with one attached hydrogen (secondary N) is 3. The molecule has 1 amide bonds. The monoisotopic (exact) mass is 553 g/mol. The van der Waals surface area contributed by atoms with Crippen molar-refractivity contribution in [1.82, 2.24) is 20.9 Å². The summed E-state index contributed by atoms with van der Waals surface area (Å²) in [6.07, 6.45) is 1.22. The van der Waals surface area contributed by atoms with Crippen molar-refractivity contribution in [3.8, 4) is 0 Å². The molecule has 1 aliphatic heterocycles. The molecule has 0 bridgehead atoms. The van der Waals surface area contributed by atoms with E-state index >= 15 is 0 Å². The Morgan fingerprint density at radius 1 is 1.09 bits per heavy atom. The second-order valence-corrected chi connectivity index (χ2v) is 8.00. The Morgan fingerprint density at radius 3 is 2.53 bits per heavy atom. The van der Waals surface area contributed by atoms with E-state index in [1.54, 1.807) is 19.2 Å². The number of likely N-dealkylation sites (tertiary alicyclic amines) is 1. The van der Waals surface area contributed by atoms with Crippen molar-refractivity contribution in [3.63, 3.8) is 0 Å². The van der Waals surface area contributed by atoms with Gasteiger partial charge in [0.15, 0.2) is 5.96 Å². The Balaban J connectivity index is 0.00000363. The number of aliphatic imine (C=N–C) groups is 1. The van der Waals surface area contributed by atoms with Crippen LogP contribution >= 0.6 is 24.0 Å². The fraction of sp³-hybridized carbons (Fsp3) is 0.417. The largest absolute Gasteiger partial charge is 0.355 e. The Kier molecular flexibility index (Phi) is 10.9. The first kappa shape index (κ1) is 26.1. The lowest BCUT2D eigenvalue weighted by Gasteiger charge is -2.21. The van der Waals surface area contributed by atoms with Gasteiger partial charge in [0.25, 0.3) is 0 Å². The summed E-state index contributed by atoms with van der Waals surface area (Å²) in [6.45, 7) is 5.19. The molecule has 2 aromatic carbocycles. The van der Waals surface area contributed by atoms with Crippen LogP contribution in [0.4, 0.5) is 4.39 Å². The van der Waals surface area contributed by atoms with Gasteiger partial charge < -0.3 is 16.0 Å². The highest BCUT2D eigenvalue weighted by molar-refractivity contribution is 14.0. The minimum absolute atomic E-state index is 0. The van der Waals surface area contributed by atoms with E-state index in [4.69, 9.17) is 0 Å². The predicted octanol–water partition coefficient (Wildman–Crippen LogP) is 2.93. The van der Waals surface area contributed by atoms with E-state index in [2.05, 4.69) is 57.0 Å².